The van der Waals surface area contributed by atoms with Gasteiger partial charge in [-0.05, 0) is 30.6 Å². The van der Waals surface area contributed by atoms with E-state index in [0.717, 1.165) is 17.6 Å². The van der Waals surface area contributed by atoms with Gasteiger partial charge in [0.15, 0.2) is 0 Å². The Bertz CT molecular complexity index is 430. The zero-order valence-electron chi connectivity index (χ0n) is 10.1. The summed E-state index contributed by atoms with van der Waals surface area (Å²) < 4.78 is 4.61. The maximum absolute atomic E-state index is 11.7. The van der Waals surface area contributed by atoms with Crippen molar-refractivity contribution in [2.75, 3.05) is 0 Å². The van der Waals surface area contributed by atoms with Crippen molar-refractivity contribution in [2.24, 2.45) is 5.92 Å². The second-order valence-electron chi connectivity index (χ2n) is 3.67. The van der Waals surface area contributed by atoms with E-state index in [1.54, 1.807) is 12.2 Å². The van der Waals surface area contributed by atoms with E-state index >= 15 is 0 Å². The highest BCUT2D eigenvalue weighted by atomic mass is 35.5. The van der Waals surface area contributed by atoms with Crippen molar-refractivity contribution in [3.8, 4) is 0 Å². The van der Waals surface area contributed by atoms with Gasteiger partial charge in [-0.3, -0.25) is 9.59 Å². The number of allylic oxidation sites excluding steroid dienone is 4. The normalized spacial score (nSPS) is 21.9. The number of carbonyl (C=O) groups is 2. The number of ether oxygens (including phenoxy) is 1. The van der Waals surface area contributed by atoms with Crippen LogP contribution in [0.1, 0.15) is 27.2 Å². The maximum Gasteiger partial charge on any atom is 0.324 e. The lowest BCUT2D eigenvalue weighted by molar-refractivity contribution is -0.159. The molecule has 0 fully saturated rings. The van der Waals surface area contributed by atoms with E-state index in [2.05, 4.69) is 4.74 Å². The predicted octanol–water partition coefficient (Wildman–Crippen LogP) is 3.11. The Morgan fingerprint density at radius 1 is 1.53 bits per heavy atom. The van der Waals surface area contributed by atoms with Crippen LogP contribution >= 0.6 is 11.6 Å². The molecule has 17 heavy (non-hydrogen) atoms. The topological polar surface area (TPSA) is 43.4 Å². The van der Waals surface area contributed by atoms with Crippen molar-refractivity contribution in [1.82, 2.24) is 0 Å². The highest BCUT2D eigenvalue weighted by molar-refractivity contribution is 6.32. The number of hydrogen-bond acceptors (Lipinski definition) is 3. The molecule has 4 heteroatoms. The molecule has 1 aliphatic rings. The third-order valence-corrected chi connectivity index (χ3v) is 2.92. The summed E-state index contributed by atoms with van der Waals surface area (Å²) in [5.74, 6) is -1.70. The molecule has 0 aliphatic heterocycles. The summed E-state index contributed by atoms with van der Waals surface area (Å²) >= 11 is 6.06. The Labute approximate surface area is 106 Å². The van der Waals surface area contributed by atoms with Gasteiger partial charge in [0.2, 0.25) is 0 Å². The molecule has 0 spiro atoms. The molecule has 0 saturated carbocycles. The molecular weight excluding hydrogens is 240 g/mol. The van der Waals surface area contributed by atoms with Crippen LogP contribution in [0.25, 0.3) is 0 Å². The first-order valence-electron chi connectivity index (χ1n) is 5.46. The Hall–Kier alpha value is -1.35. The SMILES string of the molecule is CC=C1C(CC)=C(Cl)C=CC1C(=O)OC(C)=O. The Morgan fingerprint density at radius 2 is 2.18 bits per heavy atom. The van der Waals surface area contributed by atoms with Gasteiger partial charge in [-0.1, -0.05) is 30.7 Å². The van der Waals surface area contributed by atoms with Crippen LogP contribution in [0.2, 0.25) is 0 Å². The van der Waals surface area contributed by atoms with Crippen LogP contribution < -0.4 is 0 Å². The standard InChI is InChI=1S/C13H15ClO3/c1-4-9-10(5-2)12(14)7-6-11(9)13(16)17-8(3)15/h4,6-7,11H,5H2,1-3H3. The lowest BCUT2D eigenvalue weighted by atomic mass is 9.86. The Kier molecular flexibility index (Phi) is 4.70. The van der Waals surface area contributed by atoms with Gasteiger partial charge in [0, 0.05) is 12.0 Å². The monoisotopic (exact) mass is 254 g/mol. The van der Waals surface area contributed by atoms with Gasteiger partial charge in [-0.25, -0.2) is 0 Å². The van der Waals surface area contributed by atoms with E-state index in [4.69, 9.17) is 11.6 Å². The molecule has 1 unspecified atom stereocenters. The van der Waals surface area contributed by atoms with E-state index in [0.29, 0.717) is 5.03 Å². The molecule has 0 heterocycles. The fourth-order valence-electron chi connectivity index (χ4n) is 1.85. The molecule has 0 aromatic rings. The fourth-order valence-corrected chi connectivity index (χ4v) is 2.16. The van der Waals surface area contributed by atoms with Crippen molar-refractivity contribution < 1.29 is 14.3 Å². The van der Waals surface area contributed by atoms with Gasteiger partial charge in [-0.2, -0.15) is 0 Å². The number of hydrogen-bond donors (Lipinski definition) is 0. The van der Waals surface area contributed by atoms with Gasteiger partial charge < -0.3 is 4.74 Å². The lowest BCUT2D eigenvalue weighted by Gasteiger charge is -2.21. The Morgan fingerprint density at radius 3 is 2.65 bits per heavy atom. The van der Waals surface area contributed by atoms with Crippen molar-refractivity contribution in [1.29, 1.82) is 0 Å². The average molecular weight is 255 g/mol. The molecule has 0 N–H and O–H groups in total. The number of esters is 2. The highest BCUT2D eigenvalue weighted by Crippen LogP contribution is 2.33. The molecule has 1 rings (SSSR count). The minimum Gasteiger partial charge on any atom is -0.393 e. The first-order valence-corrected chi connectivity index (χ1v) is 5.84. The summed E-state index contributed by atoms with van der Waals surface area (Å²) in [5.41, 5.74) is 1.73. The molecule has 92 valence electrons. The molecule has 3 nitrogen and oxygen atoms in total. The maximum atomic E-state index is 11.7. The Balaban J connectivity index is 3.02. The summed E-state index contributed by atoms with van der Waals surface area (Å²) in [7, 11) is 0. The van der Waals surface area contributed by atoms with Gasteiger partial charge >= 0.3 is 11.9 Å². The molecule has 1 atom stereocenters. The van der Waals surface area contributed by atoms with E-state index < -0.39 is 17.9 Å². The first-order chi connectivity index (χ1) is 8.01. The largest absolute Gasteiger partial charge is 0.393 e. The van der Waals surface area contributed by atoms with Crippen molar-refractivity contribution in [2.45, 2.75) is 27.2 Å². The highest BCUT2D eigenvalue weighted by Gasteiger charge is 2.28. The average Bonchev–Trinajstić information content (AvgIpc) is 2.27. The smallest absolute Gasteiger partial charge is 0.324 e. The third-order valence-electron chi connectivity index (χ3n) is 2.57. The minimum atomic E-state index is -0.599. The van der Waals surface area contributed by atoms with E-state index in [1.807, 2.05) is 19.9 Å². The summed E-state index contributed by atoms with van der Waals surface area (Å²) in [6.45, 7) is 5.01. The second kappa shape index (κ2) is 5.82. The zero-order valence-corrected chi connectivity index (χ0v) is 10.9. The van der Waals surface area contributed by atoms with Crippen LogP contribution in [0, 0.1) is 5.92 Å². The minimum absolute atomic E-state index is 0.540. The zero-order chi connectivity index (χ0) is 13.0. The quantitative estimate of drug-likeness (QED) is 0.562. The van der Waals surface area contributed by atoms with Crippen LogP contribution in [0.5, 0.6) is 0 Å². The van der Waals surface area contributed by atoms with Crippen LogP contribution in [0.4, 0.5) is 0 Å². The van der Waals surface area contributed by atoms with Crippen molar-refractivity contribution in [3.05, 3.63) is 34.4 Å². The van der Waals surface area contributed by atoms with Crippen LogP contribution in [-0.2, 0) is 14.3 Å². The molecule has 0 radical (unpaired) electrons. The number of carbonyl (C=O) groups excluding carboxylic acids is 2. The van der Waals surface area contributed by atoms with Gasteiger partial charge in [0.1, 0.15) is 5.92 Å². The third kappa shape index (κ3) is 3.07. The molecule has 1 aliphatic carbocycles. The van der Waals surface area contributed by atoms with Crippen LogP contribution in [0.15, 0.2) is 34.4 Å². The molecule has 0 aromatic heterocycles. The van der Waals surface area contributed by atoms with Crippen molar-refractivity contribution in [3.63, 3.8) is 0 Å². The number of halogens is 1. The van der Waals surface area contributed by atoms with Crippen molar-refractivity contribution >= 4 is 23.5 Å². The summed E-state index contributed by atoms with van der Waals surface area (Å²) in [6, 6.07) is 0. The molecule has 0 amide bonds. The van der Waals surface area contributed by atoms with Crippen LogP contribution in [0.3, 0.4) is 0 Å². The first kappa shape index (κ1) is 13.7. The fraction of sp³-hybridized carbons (Fsp3) is 0.385. The molecule has 0 bridgehead atoms. The summed E-state index contributed by atoms with van der Waals surface area (Å²) in [5, 5.41) is 0.632. The van der Waals surface area contributed by atoms with E-state index in [9.17, 15) is 9.59 Å². The van der Waals surface area contributed by atoms with E-state index in [1.165, 1.54) is 6.92 Å². The molecular formula is C13H15ClO3. The van der Waals surface area contributed by atoms with Gasteiger partial charge in [0.05, 0.1) is 0 Å². The second-order valence-corrected chi connectivity index (χ2v) is 4.08. The predicted molar refractivity (Wildman–Crippen MR) is 66.3 cm³/mol. The van der Waals surface area contributed by atoms with Gasteiger partial charge in [0.25, 0.3) is 0 Å². The molecule has 0 saturated heterocycles. The molecule has 0 aromatic carbocycles. The van der Waals surface area contributed by atoms with Crippen LogP contribution in [-0.4, -0.2) is 11.9 Å². The lowest BCUT2D eigenvalue weighted by Crippen LogP contribution is -2.22. The summed E-state index contributed by atoms with van der Waals surface area (Å²) in [6.07, 6.45) is 5.89. The number of rotatable bonds is 2. The van der Waals surface area contributed by atoms with E-state index in [-0.39, 0.29) is 0 Å². The van der Waals surface area contributed by atoms with Gasteiger partial charge in [-0.15, -0.1) is 0 Å². The summed E-state index contributed by atoms with van der Waals surface area (Å²) in [4.78, 5) is 22.5.